The van der Waals surface area contributed by atoms with E-state index in [4.69, 9.17) is 19.9 Å². The number of nitrogens with two attached hydrogens (primary N) is 1. The second kappa shape index (κ2) is 19.6. The number of nitrogens with zero attached hydrogens (tertiary/aromatic N) is 6. The SMILES string of the molecule is CC(C)(N)C(=O)N[C@H](COCc1ccccc1)c1nnc2ccc(S(C)(=O)=O)cn12.CSc1ccc2nnc([C@@H](COCc3ccccc3)NC(=O)OC(C)(C)C)n2c1. The topological polar surface area (TPSA) is 206 Å². The van der Waals surface area contributed by atoms with E-state index in [0.29, 0.717) is 36.2 Å². The molecule has 6 aromatic rings. The Bertz CT molecular complexity index is 2430. The third-order valence-corrected chi connectivity index (χ3v) is 10.3. The molecule has 0 saturated carbocycles. The van der Waals surface area contributed by atoms with E-state index < -0.39 is 45.1 Å². The predicted octanol–water partition coefficient (Wildman–Crippen LogP) is 5.48. The minimum atomic E-state index is -3.43. The van der Waals surface area contributed by atoms with E-state index in [-0.39, 0.29) is 18.1 Å². The van der Waals surface area contributed by atoms with Crippen LogP contribution < -0.4 is 16.4 Å². The van der Waals surface area contributed by atoms with Crippen LogP contribution in [0.1, 0.15) is 69.5 Å². The zero-order chi connectivity index (χ0) is 42.8. The summed E-state index contributed by atoms with van der Waals surface area (Å²) in [5.41, 5.74) is 7.40. The third-order valence-electron chi connectivity index (χ3n) is 8.46. The number of hydrogen-bond donors (Lipinski definition) is 3. The van der Waals surface area contributed by atoms with Crippen LogP contribution in [-0.4, -0.2) is 86.5 Å². The molecule has 59 heavy (non-hydrogen) atoms. The Morgan fingerprint density at radius 1 is 0.729 bits per heavy atom. The monoisotopic (exact) mass is 845 g/mol. The van der Waals surface area contributed by atoms with Gasteiger partial charge in [-0.3, -0.25) is 13.6 Å². The molecular weight excluding hydrogens is 795 g/mol. The number of thioether (sulfide) groups is 1. The number of ether oxygens (including phenoxy) is 3. The number of benzene rings is 2. The largest absolute Gasteiger partial charge is 0.444 e. The molecule has 0 spiro atoms. The summed E-state index contributed by atoms with van der Waals surface area (Å²) < 4.78 is 44.4. The molecule has 0 fully saturated rings. The van der Waals surface area contributed by atoms with Crippen molar-refractivity contribution in [2.24, 2.45) is 5.73 Å². The van der Waals surface area contributed by atoms with Gasteiger partial charge in [0.25, 0.3) is 0 Å². The summed E-state index contributed by atoms with van der Waals surface area (Å²) in [6.07, 6.45) is 5.99. The summed E-state index contributed by atoms with van der Waals surface area (Å²) in [5, 5.41) is 22.5. The number of pyridine rings is 2. The zero-order valence-corrected chi connectivity index (χ0v) is 35.8. The fourth-order valence-corrected chi connectivity index (χ4v) is 6.51. The first-order valence-corrected chi connectivity index (χ1v) is 21.8. The van der Waals surface area contributed by atoms with Gasteiger partial charge in [0.1, 0.15) is 17.7 Å². The molecule has 4 aromatic heterocycles. The number of rotatable bonds is 15. The lowest BCUT2D eigenvalue weighted by Gasteiger charge is -2.23. The summed E-state index contributed by atoms with van der Waals surface area (Å²) in [6, 6.07) is 25.2. The highest BCUT2D eigenvalue weighted by Crippen LogP contribution is 2.21. The summed E-state index contributed by atoms with van der Waals surface area (Å²) in [5.74, 6) is 0.544. The van der Waals surface area contributed by atoms with Crippen LogP contribution in [0.2, 0.25) is 0 Å². The van der Waals surface area contributed by atoms with E-state index in [0.717, 1.165) is 22.3 Å². The van der Waals surface area contributed by atoms with Gasteiger partial charge in [-0.1, -0.05) is 60.7 Å². The molecule has 2 atom stereocenters. The summed E-state index contributed by atoms with van der Waals surface area (Å²) >= 11 is 1.62. The van der Waals surface area contributed by atoms with Crippen LogP contribution in [0.3, 0.4) is 0 Å². The van der Waals surface area contributed by atoms with Gasteiger partial charge in [-0.05, 0) is 76.3 Å². The third kappa shape index (κ3) is 13.0. The van der Waals surface area contributed by atoms with Gasteiger partial charge in [-0.15, -0.1) is 32.2 Å². The Kier molecular flexibility index (Phi) is 14.8. The Labute approximate surface area is 348 Å². The highest BCUT2D eigenvalue weighted by molar-refractivity contribution is 7.98. The van der Waals surface area contributed by atoms with Crippen LogP contribution in [0.25, 0.3) is 11.3 Å². The Hall–Kier alpha value is -5.40. The summed E-state index contributed by atoms with van der Waals surface area (Å²) in [7, 11) is -3.43. The molecule has 0 unspecified atom stereocenters. The molecule has 0 radical (unpaired) electrons. The van der Waals surface area contributed by atoms with E-state index in [1.54, 1.807) is 31.7 Å². The quantitative estimate of drug-likeness (QED) is 0.110. The molecule has 2 amide bonds. The Morgan fingerprint density at radius 3 is 1.69 bits per heavy atom. The van der Waals surface area contributed by atoms with Gasteiger partial charge in [0.2, 0.25) is 5.91 Å². The molecule has 18 heteroatoms. The van der Waals surface area contributed by atoms with Gasteiger partial charge < -0.3 is 30.6 Å². The van der Waals surface area contributed by atoms with E-state index in [2.05, 4.69) is 31.0 Å². The predicted molar refractivity (Wildman–Crippen MR) is 224 cm³/mol. The van der Waals surface area contributed by atoms with Crippen molar-refractivity contribution in [2.45, 2.75) is 80.8 Å². The molecule has 314 valence electrons. The van der Waals surface area contributed by atoms with E-state index in [1.807, 2.05) is 110 Å². The van der Waals surface area contributed by atoms with Crippen LogP contribution in [0, 0.1) is 0 Å². The second-order valence-electron chi connectivity index (χ2n) is 15.2. The molecule has 4 heterocycles. The van der Waals surface area contributed by atoms with Crippen molar-refractivity contribution in [3.63, 3.8) is 0 Å². The van der Waals surface area contributed by atoms with Crippen LogP contribution in [-0.2, 0) is 42.1 Å². The average molecular weight is 846 g/mol. The first-order valence-electron chi connectivity index (χ1n) is 18.7. The summed E-state index contributed by atoms with van der Waals surface area (Å²) in [4.78, 5) is 26.1. The number of carbonyl (C=O) groups excluding carboxylic acids is 2. The standard InChI is InChI=1S/C21H26N4O3S.C20H25N5O4S/c1-21(2,3)28-20(26)22-17(14-27-13-15-8-6-5-7-9-15)19-24-23-18-11-10-16(29-4)12-25(18)19;1-20(2,21)19(26)22-16(13-29-12-14-7-5-4-6-8-14)18-24-23-17-10-9-15(11-25(17)18)30(3,27)28/h5-12,17H,13-14H2,1-4H3,(H,22,26);4-11,16H,12-13,21H2,1-3H3,(H,22,26)/t17-;16-/m11/s1. The molecule has 0 aliphatic carbocycles. The molecule has 4 N–H and O–H groups in total. The number of carbonyl (C=O) groups is 2. The Morgan fingerprint density at radius 2 is 1.22 bits per heavy atom. The lowest BCUT2D eigenvalue weighted by molar-refractivity contribution is -0.126. The van der Waals surface area contributed by atoms with Crippen molar-refractivity contribution < 1.29 is 32.2 Å². The van der Waals surface area contributed by atoms with Gasteiger partial charge in [0, 0.05) is 23.5 Å². The first-order chi connectivity index (χ1) is 27.9. The normalized spacial score (nSPS) is 13.0. The fourth-order valence-electron chi connectivity index (χ4n) is 5.49. The fraction of sp³-hybridized carbons (Fsp3) is 0.366. The van der Waals surface area contributed by atoms with Crippen LogP contribution in [0.5, 0.6) is 0 Å². The highest BCUT2D eigenvalue weighted by atomic mass is 32.2. The van der Waals surface area contributed by atoms with Gasteiger partial charge in [0.05, 0.1) is 36.9 Å². The molecular formula is C41H51N9O7S2. The van der Waals surface area contributed by atoms with E-state index in [9.17, 15) is 18.0 Å². The number of aromatic nitrogens is 6. The number of sulfone groups is 1. The second-order valence-corrected chi connectivity index (χ2v) is 18.1. The van der Waals surface area contributed by atoms with Crippen molar-refractivity contribution in [2.75, 3.05) is 25.7 Å². The van der Waals surface area contributed by atoms with Crippen LogP contribution >= 0.6 is 11.8 Å². The average Bonchev–Trinajstić information content (AvgIpc) is 3.81. The lowest BCUT2D eigenvalue weighted by Crippen LogP contribution is -2.50. The van der Waals surface area contributed by atoms with Crippen LogP contribution in [0.15, 0.2) is 107 Å². The van der Waals surface area contributed by atoms with Crippen molar-refractivity contribution in [3.8, 4) is 0 Å². The van der Waals surface area contributed by atoms with Gasteiger partial charge in [-0.25, -0.2) is 13.2 Å². The molecule has 0 aliphatic heterocycles. The molecule has 6 rings (SSSR count). The number of alkyl carbamates (subject to hydrolysis) is 1. The van der Waals surface area contributed by atoms with E-state index in [1.165, 1.54) is 16.7 Å². The van der Waals surface area contributed by atoms with E-state index >= 15 is 0 Å². The first kappa shape index (κ1) is 44.7. The molecule has 2 aromatic carbocycles. The molecule has 16 nitrogen and oxygen atoms in total. The minimum absolute atomic E-state index is 0.0978. The van der Waals surface area contributed by atoms with Crippen molar-refractivity contribution >= 4 is 44.9 Å². The van der Waals surface area contributed by atoms with Gasteiger partial charge in [0.15, 0.2) is 32.8 Å². The molecule has 0 saturated heterocycles. The Balaban J connectivity index is 0.000000224. The maximum absolute atomic E-state index is 12.5. The molecule has 0 aliphatic rings. The van der Waals surface area contributed by atoms with Crippen molar-refractivity contribution in [3.05, 3.63) is 120 Å². The van der Waals surface area contributed by atoms with Crippen LogP contribution in [0.4, 0.5) is 4.79 Å². The van der Waals surface area contributed by atoms with Gasteiger partial charge in [-0.2, -0.15) is 0 Å². The van der Waals surface area contributed by atoms with Crippen molar-refractivity contribution in [1.29, 1.82) is 0 Å². The number of fused-ring (bicyclic) bond motifs is 2. The number of nitrogens with one attached hydrogen (secondary N) is 2. The lowest BCUT2D eigenvalue weighted by atomic mass is 10.1. The van der Waals surface area contributed by atoms with Gasteiger partial charge >= 0.3 is 6.09 Å². The maximum Gasteiger partial charge on any atom is 0.408 e. The number of hydrogen-bond acceptors (Lipinski definition) is 13. The summed E-state index contributed by atoms with van der Waals surface area (Å²) in [6.45, 7) is 9.76. The zero-order valence-electron chi connectivity index (χ0n) is 34.2. The highest BCUT2D eigenvalue weighted by Gasteiger charge is 2.29. The van der Waals surface area contributed by atoms with Crippen molar-refractivity contribution in [1.82, 2.24) is 39.8 Å². The maximum atomic E-state index is 12.5. The molecule has 0 bridgehead atoms. The smallest absolute Gasteiger partial charge is 0.408 e. The number of amides is 2. The minimum Gasteiger partial charge on any atom is -0.444 e.